The Morgan fingerprint density at radius 3 is 3.00 bits per heavy atom. The number of H-pyrrole nitrogens is 1. The Bertz CT molecular complexity index is 942. The number of carbonyl (C=O) groups is 1. The molecule has 116 valence electrons. The van der Waals surface area contributed by atoms with E-state index in [2.05, 4.69) is 20.4 Å². The maximum absolute atomic E-state index is 11.4. The molecule has 3 heterocycles. The van der Waals surface area contributed by atoms with Gasteiger partial charge in [0.25, 0.3) is 0 Å². The zero-order valence-corrected chi connectivity index (χ0v) is 13.0. The van der Waals surface area contributed by atoms with Crippen LogP contribution in [0.15, 0.2) is 47.4 Å². The van der Waals surface area contributed by atoms with Crippen LogP contribution in [0.5, 0.6) is 0 Å². The molecule has 4 rings (SSSR count). The Morgan fingerprint density at radius 1 is 1.39 bits per heavy atom. The van der Waals surface area contributed by atoms with Crippen LogP contribution in [-0.4, -0.2) is 37.1 Å². The molecule has 23 heavy (non-hydrogen) atoms. The summed E-state index contributed by atoms with van der Waals surface area (Å²) in [6, 6.07) is 7.57. The summed E-state index contributed by atoms with van der Waals surface area (Å²) in [4.78, 5) is 19.0. The van der Waals surface area contributed by atoms with Crippen molar-refractivity contribution in [2.24, 2.45) is 0 Å². The minimum atomic E-state index is -1.02. The first-order valence-electron chi connectivity index (χ1n) is 6.96. The molecule has 0 aliphatic carbocycles. The van der Waals surface area contributed by atoms with E-state index in [9.17, 15) is 9.90 Å². The standard InChI is InChI=1S/C15H13N5O2S/c1-23-15-18-14-17-11(13(21)22)6-12(20(14)19-15)9-7-16-10-5-3-2-4-8(9)10/h2-7,12,16H,1H3,(H,21,22)(H,17,18,19)/t12-/m1/s1. The van der Waals surface area contributed by atoms with E-state index < -0.39 is 5.97 Å². The number of hydrogen-bond donors (Lipinski definition) is 3. The van der Waals surface area contributed by atoms with Crippen LogP contribution in [0, 0.1) is 0 Å². The zero-order chi connectivity index (χ0) is 16.0. The Balaban J connectivity index is 1.92. The molecule has 1 aliphatic heterocycles. The number of aromatic nitrogens is 4. The molecular weight excluding hydrogens is 314 g/mol. The van der Waals surface area contributed by atoms with Gasteiger partial charge in [0.2, 0.25) is 11.1 Å². The van der Waals surface area contributed by atoms with Gasteiger partial charge >= 0.3 is 5.97 Å². The lowest BCUT2D eigenvalue weighted by atomic mass is 10.0. The summed E-state index contributed by atoms with van der Waals surface area (Å²) in [5.74, 6) is -0.584. The molecule has 0 saturated heterocycles. The number of carboxylic acid groups (broad SMARTS) is 1. The quantitative estimate of drug-likeness (QED) is 0.640. The molecule has 0 bridgehead atoms. The highest BCUT2D eigenvalue weighted by molar-refractivity contribution is 7.98. The third kappa shape index (κ3) is 2.18. The molecule has 0 fully saturated rings. The number of fused-ring (bicyclic) bond motifs is 2. The fraction of sp³-hybridized carbons (Fsp3) is 0.133. The van der Waals surface area contributed by atoms with Crippen molar-refractivity contribution in [2.75, 3.05) is 11.6 Å². The number of rotatable bonds is 3. The molecule has 0 saturated carbocycles. The Kier molecular flexibility index (Phi) is 3.12. The topological polar surface area (TPSA) is 95.8 Å². The lowest BCUT2D eigenvalue weighted by Gasteiger charge is -2.21. The van der Waals surface area contributed by atoms with Gasteiger partial charge in [0.05, 0.1) is 0 Å². The molecule has 1 atom stereocenters. The van der Waals surface area contributed by atoms with Gasteiger partial charge in [-0.05, 0) is 18.4 Å². The summed E-state index contributed by atoms with van der Waals surface area (Å²) in [5, 5.41) is 18.3. The first kappa shape index (κ1) is 13.9. The summed E-state index contributed by atoms with van der Waals surface area (Å²) in [6.07, 6.45) is 5.43. The number of nitrogens with zero attached hydrogens (tertiary/aromatic N) is 3. The van der Waals surface area contributed by atoms with E-state index >= 15 is 0 Å². The maximum Gasteiger partial charge on any atom is 0.352 e. The van der Waals surface area contributed by atoms with E-state index in [-0.39, 0.29) is 11.7 Å². The average Bonchev–Trinajstić information content (AvgIpc) is 3.17. The molecule has 3 N–H and O–H groups in total. The Hall–Kier alpha value is -2.74. The average molecular weight is 327 g/mol. The monoisotopic (exact) mass is 327 g/mol. The predicted octanol–water partition coefficient (Wildman–Crippen LogP) is 2.46. The zero-order valence-electron chi connectivity index (χ0n) is 12.1. The summed E-state index contributed by atoms with van der Waals surface area (Å²) in [7, 11) is 0. The van der Waals surface area contributed by atoms with Crippen molar-refractivity contribution in [3.05, 3.63) is 47.8 Å². The first-order chi connectivity index (χ1) is 11.2. The van der Waals surface area contributed by atoms with E-state index in [0.29, 0.717) is 11.1 Å². The molecule has 0 radical (unpaired) electrons. The van der Waals surface area contributed by atoms with E-state index in [0.717, 1.165) is 16.5 Å². The van der Waals surface area contributed by atoms with Crippen LogP contribution in [0.3, 0.4) is 0 Å². The second-order valence-corrected chi connectivity index (χ2v) is 5.89. The van der Waals surface area contributed by atoms with Crippen molar-refractivity contribution >= 4 is 34.6 Å². The van der Waals surface area contributed by atoms with Gasteiger partial charge in [-0.25, -0.2) is 9.48 Å². The Morgan fingerprint density at radius 2 is 2.22 bits per heavy atom. The maximum atomic E-state index is 11.4. The van der Waals surface area contributed by atoms with Crippen LogP contribution in [0.1, 0.15) is 11.6 Å². The summed E-state index contributed by atoms with van der Waals surface area (Å²) < 4.78 is 1.72. The second kappa shape index (κ2) is 5.17. The van der Waals surface area contributed by atoms with Crippen molar-refractivity contribution in [3.8, 4) is 0 Å². The molecule has 2 aromatic heterocycles. The lowest BCUT2D eigenvalue weighted by molar-refractivity contribution is -0.132. The predicted molar refractivity (Wildman–Crippen MR) is 87.6 cm³/mol. The second-order valence-electron chi connectivity index (χ2n) is 5.11. The van der Waals surface area contributed by atoms with Gasteiger partial charge in [-0.1, -0.05) is 30.0 Å². The van der Waals surface area contributed by atoms with Gasteiger partial charge in [0.1, 0.15) is 11.7 Å². The number of aliphatic carboxylic acids is 1. The van der Waals surface area contributed by atoms with Gasteiger partial charge < -0.3 is 15.4 Å². The van der Waals surface area contributed by atoms with Crippen LogP contribution >= 0.6 is 11.8 Å². The normalized spacial score (nSPS) is 16.7. The van der Waals surface area contributed by atoms with Gasteiger partial charge in [0, 0.05) is 22.7 Å². The molecule has 1 aliphatic rings. The molecule has 8 heteroatoms. The molecular formula is C15H13N5O2S. The van der Waals surface area contributed by atoms with Crippen molar-refractivity contribution in [3.63, 3.8) is 0 Å². The lowest BCUT2D eigenvalue weighted by Crippen LogP contribution is -2.24. The number of anilines is 1. The summed E-state index contributed by atoms with van der Waals surface area (Å²) in [5.41, 5.74) is 2.06. The smallest absolute Gasteiger partial charge is 0.352 e. The van der Waals surface area contributed by atoms with Crippen LogP contribution < -0.4 is 5.32 Å². The third-order valence-corrected chi connectivity index (χ3v) is 4.34. The molecule has 1 aromatic carbocycles. The van der Waals surface area contributed by atoms with Crippen molar-refractivity contribution < 1.29 is 9.90 Å². The van der Waals surface area contributed by atoms with Crippen LogP contribution in [0.4, 0.5) is 5.95 Å². The number of allylic oxidation sites excluding steroid dienone is 1. The summed E-state index contributed by atoms with van der Waals surface area (Å²) in [6.45, 7) is 0. The number of carboxylic acids is 1. The molecule has 7 nitrogen and oxygen atoms in total. The first-order valence-corrected chi connectivity index (χ1v) is 8.18. The molecule has 0 unspecified atom stereocenters. The number of para-hydroxylation sites is 1. The number of hydrogen-bond acceptors (Lipinski definition) is 5. The number of nitrogens with one attached hydrogen (secondary N) is 2. The van der Waals surface area contributed by atoms with Crippen molar-refractivity contribution in [2.45, 2.75) is 11.2 Å². The van der Waals surface area contributed by atoms with Gasteiger partial charge in [-0.2, -0.15) is 4.98 Å². The van der Waals surface area contributed by atoms with E-state index in [1.165, 1.54) is 11.8 Å². The summed E-state index contributed by atoms with van der Waals surface area (Å²) >= 11 is 1.41. The van der Waals surface area contributed by atoms with Crippen LogP contribution in [0.2, 0.25) is 0 Å². The largest absolute Gasteiger partial charge is 0.477 e. The van der Waals surface area contributed by atoms with Crippen molar-refractivity contribution in [1.29, 1.82) is 0 Å². The third-order valence-electron chi connectivity index (χ3n) is 3.80. The fourth-order valence-corrected chi connectivity index (χ4v) is 3.09. The number of aromatic amines is 1. The number of benzene rings is 1. The van der Waals surface area contributed by atoms with Gasteiger partial charge in [-0.15, -0.1) is 5.10 Å². The molecule has 0 amide bonds. The highest BCUT2D eigenvalue weighted by Gasteiger charge is 2.28. The van der Waals surface area contributed by atoms with E-state index in [1.807, 2.05) is 36.7 Å². The van der Waals surface area contributed by atoms with Crippen LogP contribution in [0.25, 0.3) is 10.9 Å². The van der Waals surface area contributed by atoms with E-state index in [4.69, 9.17) is 0 Å². The SMILES string of the molecule is CSc1nc2n(n1)[C@@H](c1c[nH]c3ccccc13)C=C(C(=O)O)N2. The highest BCUT2D eigenvalue weighted by atomic mass is 32.2. The van der Waals surface area contributed by atoms with E-state index in [1.54, 1.807) is 10.8 Å². The minimum Gasteiger partial charge on any atom is -0.477 e. The van der Waals surface area contributed by atoms with Gasteiger partial charge in [0.15, 0.2) is 0 Å². The molecule has 0 spiro atoms. The fourth-order valence-electron chi connectivity index (χ4n) is 2.74. The highest BCUT2D eigenvalue weighted by Crippen LogP contribution is 2.33. The number of thioether (sulfide) groups is 1. The minimum absolute atomic E-state index is 0.104. The van der Waals surface area contributed by atoms with Crippen molar-refractivity contribution in [1.82, 2.24) is 19.7 Å². The Labute approximate surface area is 135 Å². The van der Waals surface area contributed by atoms with Gasteiger partial charge in [-0.3, -0.25) is 0 Å². The van der Waals surface area contributed by atoms with Crippen LogP contribution in [-0.2, 0) is 4.79 Å². The molecule has 3 aromatic rings.